The molecule has 0 atom stereocenters. The van der Waals surface area contributed by atoms with Gasteiger partial charge in [0.05, 0.1) is 11.1 Å². The van der Waals surface area contributed by atoms with E-state index in [2.05, 4.69) is 22.5 Å². The maximum absolute atomic E-state index is 13.1. The second-order valence-corrected chi connectivity index (χ2v) is 10.6. The average molecular weight is 374 g/mol. The second kappa shape index (κ2) is 6.59. The molecule has 0 spiro atoms. The van der Waals surface area contributed by atoms with Crippen molar-refractivity contribution >= 4 is 22.4 Å². The Labute approximate surface area is 160 Å². The molecule has 0 aromatic carbocycles. The summed E-state index contributed by atoms with van der Waals surface area (Å²) in [7, 11) is 0. The zero-order valence-corrected chi connectivity index (χ0v) is 16.7. The quantitative estimate of drug-likeness (QED) is 0.843. The summed E-state index contributed by atoms with van der Waals surface area (Å²) in [6, 6.07) is 0. The van der Waals surface area contributed by atoms with Crippen molar-refractivity contribution in [3.63, 3.8) is 0 Å². The van der Waals surface area contributed by atoms with Crippen LogP contribution in [-0.2, 0) is 11.3 Å². The number of rotatable bonds is 4. The zero-order valence-electron chi connectivity index (χ0n) is 15.9. The molecule has 2 heterocycles. The molecule has 5 fully saturated rings. The fourth-order valence-electron chi connectivity index (χ4n) is 6.50. The highest BCUT2D eigenvalue weighted by molar-refractivity contribution is 7.13. The lowest BCUT2D eigenvalue weighted by atomic mass is 9.49. The van der Waals surface area contributed by atoms with Crippen LogP contribution in [0.3, 0.4) is 0 Å². The molecule has 0 unspecified atom stereocenters. The number of likely N-dealkylation sites (tertiary alicyclic amines) is 1. The zero-order chi connectivity index (χ0) is 17.7. The Morgan fingerprint density at radius 3 is 2.42 bits per heavy atom. The number of hydrogen-bond donors (Lipinski definition) is 1. The summed E-state index contributed by atoms with van der Waals surface area (Å²) in [5, 5.41) is 6.16. The van der Waals surface area contributed by atoms with Crippen molar-refractivity contribution in [2.24, 2.45) is 29.1 Å². The normalized spacial score (nSPS) is 37.2. The second-order valence-electron chi connectivity index (χ2n) is 9.75. The Morgan fingerprint density at radius 2 is 1.81 bits per heavy atom. The molecule has 4 aliphatic carbocycles. The van der Waals surface area contributed by atoms with Crippen molar-refractivity contribution in [2.75, 3.05) is 18.4 Å². The number of nitrogens with zero attached hydrogens (tertiary/aromatic N) is 2. The average Bonchev–Trinajstić information content (AvgIpc) is 3.03. The van der Waals surface area contributed by atoms with Gasteiger partial charge in [0.2, 0.25) is 5.91 Å². The van der Waals surface area contributed by atoms with Crippen molar-refractivity contribution in [3.8, 4) is 0 Å². The van der Waals surface area contributed by atoms with Crippen molar-refractivity contribution in [3.05, 3.63) is 11.1 Å². The Balaban J connectivity index is 1.22. The lowest BCUT2D eigenvalue weighted by Gasteiger charge is -2.55. The molecular formula is C21H31N3OS. The molecule has 4 saturated carbocycles. The first-order chi connectivity index (χ1) is 12.6. The van der Waals surface area contributed by atoms with E-state index < -0.39 is 0 Å². The minimum atomic E-state index is -0.0798. The number of carbonyl (C=O) groups excluding carboxylic acids is 1. The molecule has 4 nitrogen and oxygen atoms in total. The van der Waals surface area contributed by atoms with Gasteiger partial charge in [0, 0.05) is 11.9 Å². The molecule has 6 rings (SSSR count). The van der Waals surface area contributed by atoms with Gasteiger partial charge in [0.15, 0.2) is 5.13 Å². The molecule has 1 amide bonds. The molecule has 1 aromatic rings. The fraction of sp³-hybridized carbons (Fsp3) is 0.810. The fourth-order valence-corrected chi connectivity index (χ4v) is 7.20. The van der Waals surface area contributed by atoms with Gasteiger partial charge in [-0.1, -0.05) is 6.92 Å². The van der Waals surface area contributed by atoms with Crippen LogP contribution in [-0.4, -0.2) is 28.9 Å². The van der Waals surface area contributed by atoms with Gasteiger partial charge in [0.1, 0.15) is 0 Å². The Hall–Kier alpha value is -0.940. The van der Waals surface area contributed by atoms with Crippen molar-refractivity contribution in [2.45, 2.75) is 64.8 Å². The van der Waals surface area contributed by atoms with E-state index in [4.69, 9.17) is 4.98 Å². The molecule has 1 N–H and O–H groups in total. The number of nitrogens with one attached hydrogen (secondary N) is 1. The van der Waals surface area contributed by atoms with Crippen LogP contribution in [0, 0.1) is 29.1 Å². The van der Waals surface area contributed by atoms with E-state index in [1.807, 2.05) is 0 Å². The van der Waals surface area contributed by atoms with E-state index in [-0.39, 0.29) is 11.3 Å². The van der Waals surface area contributed by atoms with E-state index in [1.54, 1.807) is 11.3 Å². The largest absolute Gasteiger partial charge is 0.301 e. The van der Waals surface area contributed by atoms with E-state index in [1.165, 1.54) is 45.2 Å². The van der Waals surface area contributed by atoms with Gasteiger partial charge in [-0.2, -0.15) is 0 Å². The van der Waals surface area contributed by atoms with Gasteiger partial charge in [-0.05, 0) is 88.1 Å². The van der Waals surface area contributed by atoms with Crippen LogP contribution >= 0.6 is 11.3 Å². The first kappa shape index (κ1) is 17.2. The van der Waals surface area contributed by atoms with E-state index in [0.717, 1.165) is 60.3 Å². The lowest BCUT2D eigenvalue weighted by Crippen LogP contribution is -2.51. The predicted octanol–water partition coefficient (Wildman–Crippen LogP) is 4.53. The lowest BCUT2D eigenvalue weighted by molar-refractivity contribution is -0.140. The predicted molar refractivity (Wildman–Crippen MR) is 105 cm³/mol. The standard InChI is InChI=1S/C21H31N3OS/c1-14-2-4-24(5-3-14)12-18-13-26-20(22-18)23-19(25)21-9-15-6-16(10-21)8-17(7-15)11-21/h13-17H,2-12H2,1H3,(H,22,23,25). The third-order valence-electron chi connectivity index (χ3n) is 7.55. The molecule has 4 bridgehead atoms. The van der Waals surface area contributed by atoms with Gasteiger partial charge in [0.25, 0.3) is 0 Å². The van der Waals surface area contributed by atoms with Gasteiger partial charge >= 0.3 is 0 Å². The minimum absolute atomic E-state index is 0.0798. The Bertz CT molecular complexity index is 641. The highest BCUT2D eigenvalue weighted by atomic mass is 32.1. The van der Waals surface area contributed by atoms with E-state index >= 15 is 0 Å². The van der Waals surface area contributed by atoms with Gasteiger partial charge < -0.3 is 5.32 Å². The van der Waals surface area contributed by atoms with E-state index in [0.29, 0.717) is 0 Å². The molecule has 26 heavy (non-hydrogen) atoms. The van der Waals surface area contributed by atoms with Crippen molar-refractivity contribution < 1.29 is 4.79 Å². The Morgan fingerprint density at radius 1 is 1.19 bits per heavy atom. The summed E-state index contributed by atoms with van der Waals surface area (Å²) in [5.74, 6) is 3.54. The molecule has 5 heteroatoms. The molecule has 1 aliphatic heterocycles. The van der Waals surface area contributed by atoms with Gasteiger partial charge in [-0.3, -0.25) is 9.69 Å². The number of anilines is 1. The maximum atomic E-state index is 13.1. The number of aromatic nitrogens is 1. The summed E-state index contributed by atoms with van der Waals surface area (Å²) in [5.41, 5.74) is 1.04. The van der Waals surface area contributed by atoms with Crippen LogP contribution in [0.1, 0.15) is 64.0 Å². The number of hydrogen-bond acceptors (Lipinski definition) is 4. The number of piperidine rings is 1. The summed E-state index contributed by atoms with van der Waals surface area (Å²) in [6.07, 6.45) is 10.1. The SMILES string of the molecule is CC1CCN(Cc2csc(NC(=O)C34CC5CC(CC(C5)C3)C4)n2)CC1. The summed E-state index contributed by atoms with van der Waals surface area (Å²) < 4.78 is 0. The monoisotopic (exact) mass is 373 g/mol. The van der Waals surface area contributed by atoms with Crippen LogP contribution in [0.2, 0.25) is 0 Å². The molecule has 5 aliphatic rings. The maximum Gasteiger partial charge on any atom is 0.232 e. The van der Waals surface area contributed by atoms with Crippen LogP contribution in [0.5, 0.6) is 0 Å². The number of carbonyl (C=O) groups is 1. The molecule has 142 valence electrons. The van der Waals surface area contributed by atoms with E-state index in [9.17, 15) is 4.79 Å². The topological polar surface area (TPSA) is 45.2 Å². The smallest absolute Gasteiger partial charge is 0.232 e. The molecule has 1 aromatic heterocycles. The van der Waals surface area contributed by atoms with Gasteiger partial charge in [-0.15, -0.1) is 11.3 Å². The Kier molecular flexibility index (Phi) is 4.35. The van der Waals surface area contributed by atoms with Crippen LogP contribution in [0.4, 0.5) is 5.13 Å². The van der Waals surface area contributed by atoms with Crippen LogP contribution in [0.15, 0.2) is 5.38 Å². The molecule has 1 saturated heterocycles. The first-order valence-electron chi connectivity index (χ1n) is 10.6. The number of thiazole rings is 1. The van der Waals surface area contributed by atoms with Gasteiger partial charge in [-0.25, -0.2) is 4.98 Å². The first-order valence-corrected chi connectivity index (χ1v) is 11.4. The third kappa shape index (κ3) is 3.22. The summed E-state index contributed by atoms with van der Waals surface area (Å²) in [4.78, 5) is 20.4. The molecule has 0 radical (unpaired) electrons. The summed E-state index contributed by atoms with van der Waals surface area (Å²) in [6.45, 7) is 5.62. The third-order valence-corrected chi connectivity index (χ3v) is 8.36. The van der Waals surface area contributed by atoms with Crippen LogP contribution in [0.25, 0.3) is 0 Å². The highest BCUT2D eigenvalue weighted by Crippen LogP contribution is 2.60. The highest BCUT2D eigenvalue weighted by Gasteiger charge is 2.54. The van der Waals surface area contributed by atoms with Crippen molar-refractivity contribution in [1.82, 2.24) is 9.88 Å². The van der Waals surface area contributed by atoms with Crippen LogP contribution < -0.4 is 5.32 Å². The number of amides is 1. The summed E-state index contributed by atoms with van der Waals surface area (Å²) >= 11 is 1.60. The van der Waals surface area contributed by atoms with Crippen molar-refractivity contribution in [1.29, 1.82) is 0 Å². The molecular weight excluding hydrogens is 342 g/mol. The minimum Gasteiger partial charge on any atom is -0.301 e.